The van der Waals surface area contributed by atoms with Crippen molar-refractivity contribution >= 4 is 5.69 Å². The van der Waals surface area contributed by atoms with E-state index in [0.29, 0.717) is 45.1 Å². The first-order valence-corrected chi connectivity index (χ1v) is 16.0. The number of piperidine rings is 1. The van der Waals surface area contributed by atoms with Gasteiger partial charge < -0.3 is 33.9 Å². The molecule has 3 heterocycles. The number of nitrogens with one attached hydrogen (secondary N) is 1. The van der Waals surface area contributed by atoms with Crippen LogP contribution >= 0.6 is 0 Å². The van der Waals surface area contributed by atoms with Gasteiger partial charge in [0, 0.05) is 45.9 Å². The fraction of sp³-hybridized carbons (Fsp3) is 0.588. The van der Waals surface area contributed by atoms with Crippen molar-refractivity contribution in [3.05, 3.63) is 71.8 Å². The quantitative estimate of drug-likeness (QED) is 0.218. The van der Waals surface area contributed by atoms with Crippen LogP contribution in [-0.4, -0.2) is 87.2 Å². The number of benzene rings is 2. The Morgan fingerprint density at radius 2 is 1.86 bits per heavy atom. The molecule has 0 bridgehead atoms. The highest BCUT2D eigenvalue weighted by Crippen LogP contribution is 2.36. The highest BCUT2D eigenvalue weighted by molar-refractivity contribution is 5.61. The first-order valence-electron chi connectivity index (χ1n) is 16.0. The Labute approximate surface area is 262 Å². The Balaban J connectivity index is 1.27. The van der Waals surface area contributed by atoms with Gasteiger partial charge in [-0.2, -0.15) is 5.10 Å². The van der Waals surface area contributed by atoms with Gasteiger partial charge in [-0.25, -0.2) is 9.67 Å². The molecule has 0 unspecified atom stereocenters. The summed E-state index contributed by atoms with van der Waals surface area (Å²) in [5.41, 5.74) is 4.77. The molecule has 2 aliphatic rings. The van der Waals surface area contributed by atoms with E-state index in [4.69, 9.17) is 23.7 Å². The fourth-order valence-electron chi connectivity index (χ4n) is 6.30. The molecule has 0 aliphatic carbocycles. The van der Waals surface area contributed by atoms with Crippen LogP contribution in [0.25, 0.3) is 0 Å². The average molecular weight is 608 g/mol. The molecule has 3 aromatic rings. The normalized spacial score (nSPS) is 20.7. The van der Waals surface area contributed by atoms with E-state index in [1.165, 1.54) is 5.56 Å². The lowest BCUT2D eigenvalue weighted by Crippen LogP contribution is -2.47. The maximum atomic E-state index is 6.73. The summed E-state index contributed by atoms with van der Waals surface area (Å²) in [5.74, 6) is 1.21. The molecular formula is C34H49N5O5. The van der Waals surface area contributed by atoms with Crippen LogP contribution in [0.4, 0.5) is 5.69 Å². The minimum absolute atomic E-state index is 0.0478. The molecule has 10 heteroatoms. The lowest BCUT2D eigenvalue weighted by Gasteiger charge is -2.38. The molecule has 5 rings (SSSR count). The summed E-state index contributed by atoms with van der Waals surface area (Å²) in [6, 6.07) is 16.0. The number of hydrogen-bond donors (Lipinski definition) is 1. The molecule has 240 valence electrons. The van der Waals surface area contributed by atoms with Gasteiger partial charge in [0.15, 0.2) is 0 Å². The third-order valence-corrected chi connectivity index (χ3v) is 8.77. The lowest BCUT2D eigenvalue weighted by atomic mass is 9.82. The van der Waals surface area contributed by atoms with Gasteiger partial charge in [0.25, 0.3) is 0 Å². The van der Waals surface area contributed by atoms with E-state index in [1.54, 1.807) is 20.5 Å². The number of ether oxygens (including phenoxy) is 5. The van der Waals surface area contributed by atoms with E-state index in [2.05, 4.69) is 69.7 Å². The van der Waals surface area contributed by atoms with Gasteiger partial charge in [-0.3, -0.25) is 0 Å². The predicted molar refractivity (Wildman–Crippen MR) is 170 cm³/mol. The largest absolute Gasteiger partial charge is 0.490 e. The van der Waals surface area contributed by atoms with Gasteiger partial charge in [-0.05, 0) is 54.5 Å². The molecule has 2 aromatic carbocycles. The summed E-state index contributed by atoms with van der Waals surface area (Å²) >= 11 is 0. The first-order chi connectivity index (χ1) is 21.7. The van der Waals surface area contributed by atoms with Crippen LogP contribution < -0.4 is 15.0 Å². The number of anilines is 1. The van der Waals surface area contributed by atoms with Crippen molar-refractivity contribution in [3.8, 4) is 5.75 Å². The van der Waals surface area contributed by atoms with Crippen molar-refractivity contribution in [2.45, 2.75) is 69.9 Å². The van der Waals surface area contributed by atoms with Gasteiger partial charge in [0.2, 0.25) is 0 Å². The molecule has 1 fully saturated rings. The Morgan fingerprint density at radius 1 is 1.02 bits per heavy atom. The Kier molecular flexibility index (Phi) is 12.4. The van der Waals surface area contributed by atoms with Gasteiger partial charge >= 0.3 is 0 Å². The molecule has 1 aromatic heterocycles. The van der Waals surface area contributed by atoms with Crippen LogP contribution in [0.2, 0.25) is 0 Å². The van der Waals surface area contributed by atoms with E-state index in [0.717, 1.165) is 74.5 Å². The summed E-state index contributed by atoms with van der Waals surface area (Å²) in [4.78, 5) is 6.58. The van der Waals surface area contributed by atoms with Crippen LogP contribution in [0.1, 0.15) is 61.3 Å². The summed E-state index contributed by atoms with van der Waals surface area (Å²) < 4.78 is 30.8. The van der Waals surface area contributed by atoms with E-state index in [-0.39, 0.29) is 12.0 Å². The second kappa shape index (κ2) is 16.9. The van der Waals surface area contributed by atoms with Crippen molar-refractivity contribution in [2.75, 3.05) is 65.2 Å². The van der Waals surface area contributed by atoms with Crippen LogP contribution in [-0.2, 0) is 32.2 Å². The lowest BCUT2D eigenvalue weighted by molar-refractivity contribution is 0.00102. The molecule has 2 aliphatic heterocycles. The van der Waals surface area contributed by atoms with E-state index < -0.39 is 0 Å². The Hall–Kier alpha value is -3.02. The average Bonchev–Trinajstić information content (AvgIpc) is 3.60. The Morgan fingerprint density at radius 3 is 2.64 bits per heavy atom. The molecule has 44 heavy (non-hydrogen) atoms. The van der Waals surface area contributed by atoms with Crippen molar-refractivity contribution in [1.29, 1.82) is 0 Å². The van der Waals surface area contributed by atoms with E-state index in [9.17, 15) is 0 Å². The summed E-state index contributed by atoms with van der Waals surface area (Å²) in [5, 5.41) is 8.24. The molecule has 1 saturated heterocycles. The molecule has 0 spiro atoms. The maximum Gasteiger partial charge on any atom is 0.142 e. The molecule has 0 radical (unpaired) electrons. The SMILES string of the molecule is CC[C@H](C[C@H]1C[C@H](c2ccc(COCCOC)cc2)[C@@H](OCc2ccc3c(c2)N(CCCOC)CCO3)CN1)n1cncn1. The summed E-state index contributed by atoms with van der Waals surface area (Å²) in [7, 11) is 3.45. The number of hydrogen-bond acceptors (Lipinski definition) is 9. The van der Waals surface area contributed by atoms with Crippen LogP contribution in [0, 0.1) is 0 Å². The minimum Gasteiger partial charge on any atom is -0.490 e. The molecule has 1 N–H and O–H groups in total. The van der Waals surface area contributed by atoms with Gasteiger partial charge in [0.05, 0.1) is 50.8 Å². The van der Waals surface area contributed by atoms with Gasteiger partial charge in [-0.15, -0.1) is 0 Å². The van der Waals surface area contributed by atoms with Gasteiger partial charge in [0.1, 0.15) is 25.0 Å². The van der Waals surface area contributed by atoms with Crippen LogP contribution in [0.3, 0.4) is 0 Å². The van der Waals surface area contributed by atoms with E-state index in [1.807, 2.05) is 11.0 Å². The fourth-order valence-corrected chi connectivity index (χ4v) is 6.30. The first kappa shape index (κ1) is 32.4. The minimum atomic E-state index is 0.0478. The molecule has 4 atom stereocenters. The predicted octanol–water partition coefficient (Wildman–Crippen LogP) is 4.75. The molecule has 0 saturated carbocycles. The number of rotatable bonds is 17. The van der Waals surface area contributed by atoms with Crippen LogP contribution in [0.15, 0.2) is 55.1 Å². The second-order valence-electron chi connectivity index (χ2n) is 11.7. The highest BCUT2D eigenvalue weighted by Gasteiger charge is 2.33. The number of nitrogens with zero attached hydrogens (tertiary/aromatic N) is 4. The standard InChI is InChI=1S/C34H49N5O5/c1-4-30(39-25-35-24-37-39)19-29-20-31(28-9-6-26(7-10-28)22-42-17-16-41-3)34(21-36-29)44-23-27-8-11-33-32(18-27)38(13-15-43-33)12-5-14-40-2/h6-11,18,24-25,29-31,34,36H,4-5,12-17,19-23H2,1-3H3/t29-,30+,31+,34-/m0/s1. The zero-order valence-electron chi connectivity index (χ0n) is 26.5. The highest BCUT2D eigenvalue weighted by atomic mass is 16.5. The molecule has 0 amide bonds. The number of methoxy groups -OCH3 is 2. The van der Waals surface area contributed by atoms with Crippen molar-refractivity contribution in [2.24, 2.45) is 0 Å². The second-order valence-corrected chi connectivity index (χ2v) is 11.7. The summed E-state index contributed by atoms with van der Waals surface area (Å²) in [6.45, 7) is 8.64. The Bertz CT molecular complexity index is 1240. The van der Waals surface area contributed by atoms with Crippen molar-refractivity contribution in [3.63, 3.8) is 0 Å². The van der Waals surface area contributed by atoms with Crippen molar-refractivity contribution in [1.82, 2.24) is 20.1 Å². The third kappa shape index (κ3) is 8.79. The number of aromatic nitrogens is 3. The van der Waals surface area contributed by atoms with Crippen molar-refractivity contribution < 1.29 is 23.7 Å². The zero-order chi connectivity index (χ0) is 30.6. The smallest absolute Gasteiger partial charge is 0.142 e. The molecular weight excluding hydrogens is 558 g/mol. The maximum absolute atomic E-state index is 6.73. The summed E-state index contributed by atoms with van der Waals surface area (Å²) in [6.07, 6.45) is 7.48. The molecule has 10 nitrogen and oxygen atoms in total. The van der Waals surface area contributed by atoms with Gasteiger partial charge in [-0.1, -0.05) is 37.3 Å². The zero-order valence-corrected chi connectivity index (χ0v) is 26.5. The van der Waals surface area contributed by atoms with E-state index >= 15 is 0 Å². The number of fused-ring (bicyclic) bond motifs is 1. The topological polar surface area (TPSA) is 92.1 Å². The van der Waals surface area contributed by atoms with Crippen LogP contribution in [0.5, 0.6) is 5.75 Å². The third-order valence-electron chi connectivity index (χ3n) is 8.77. The monoisotopic (exact) mass is 607 g/mol.